The van der Waals surface area contributed by atoms with Crippen molar-refractivity contribution in [2.75, 3.05) is 6.54 Å². The van der Waals surface area contributed by atoms with E-state index in [0.717, 1.165) is 5.56 Å². The second-order valence-electron chi connectivity index (χ2n) is 2.88. The van der Waals surface area contributed by atoms with E-state index in [1.807, 2.05) is 30.3 Å². The Balaban J connectivity index is 2.95. The van der Waals surface area contributed by atoms with Crippen LogP contribution in [0.1, 0.15) is 5.56 Å². The zero-order chi connectivity index (χ0) is 9.73. The number of hydrazine groups is 1. The Morgan fingerprint density at radius 3 is 2.54 bits per heavy atom. The van der Waals surface area contributed by atoms with Gasteiger partial charge in [-0.05, 0) is 5.56 Å². The van der Waals surface area contributed by atoms with Gasteiger partial charge in [-0.15, -0.1) is 0 Å². The Bertz CT molecular complexity index is 274. The molecular weight excluding hydrogens is 164 g/mol. The summed E-state index contributed by atoms with van der Waals surface area (Å²) in [5.41, 5.74) is 2.13. The lowest BCUT2D eigenvalue weighted by Crippen LogP contribution is -2.39. The number of hydrogen-bond donors (Lipinski definition) is 3. The minimum atomic E-state index is -1.09. The van der Waals surface area contributed by atoms with Gasteiger partial charge >= 0.3 is 0 Å². The number of benzene rings is 1. The van der Waals surface area contributed by atoms with Gasteiger partial charge in [0.2, 0.25) is 0 Å². The maximum atomic E-state index is 10.0. The number of rotatable bonds is 4. The van der Waals surface area contributed by atoms with E-state index in [0.29, 0.717) is 0 Å². The van der Waals surface area contributed by atoms with Crippen molar-refractivity contribution in [3.05, 3.63) is 48.6 Å². The van der Waals surface area contributed by atoms with Crippen molar-refractivity contribution in [1.82, 2.24) is 5.43 Å². The predicted octanol–water partition coefficient (Wildman–Crippen LogP) is 0.523. The molecule has 0 aliphatic rings. The van der Waals surface area contributed by atoms with Gasteiger partial charge in [-0.25, -0.2) is 0 Å². The summed E-state index contributed by atoms with van der Waals surface area (Å²) in [5.74, 6) is 5.17. The highest BCUT2D eigenvalue weighted by atomic mass is 16.3. The molecule has 0 saturated heterocycles. The lowest BCUT2D eigenvalue weighted by molar-refractivity contribution is 0.0891. The van der Waals surface area contributed by atoms with Crippen LogP contribution in [0, 0.1) is 0 Å². The third-order valence-electron chi connectivity index (χ3n) is 1.98. The summed E-state index contributed by atoms with van der Waals surface area (Å²) in [5, 5.41) is 10.0. The topological polar surface area (TPSA) is 58.3 Å². The summed E-state index contributed by atoms with van der Waals surface area (Å²) in [4.78, 5) is 0. The molecule has 1 rings (SSSR count). The summed E-state index contributed by atoms with van der Waals surface area (Å²) in [7, 11) is 0. The van der Waals surface area contributed by atoms with Gasteiger partial charge in [-0.1, -0.05) is 43.0 Å². The fourth-order valence-electron chi connectivity index (χ4n) is 1.17. The third kappa shape index (κ3) is 2.15. The van der Waals surface area contributed by atoms with Crippen LogP contribution in [-0.2, 0) is 5.60 Å². The minimum absolute atomic E-state index is 0.251. The Kier molecular flexibility index (Phi) is 3.19. The molecule has 3 nitrogen and oxygen atoms in total. The van der Waals surface area contributed by atoms with Crippen LogP contribution in [0.2, 0.25) is 0 Å². The van der Waals surface area contributed by atoms with Gasteiger partial charge in [0.15, 0.2) is 0 Å². The molecule has 0 aliphatic heterocycles. The van der Waals surface area contributed by atoms with Crippen LogP contribution in [0.15, 0.2) is 43.0 Å². The summed E-state index contributed by atoms with van der Waals surface area (Å²) in [6.45, 7) is 3.83. The van der Waals surface area contributed by atoms with Crippen molar-refractivity contribution in [3.8, 4) is 0 Å². The summed E-state index contributed by atoms with van der Waals surface area (Å²) >= 11 is 0. The van der Waals surface area contributed by atoms with Gasteiger partial charge in [0.25, 0.3) is 0 Å². The Hall–Kier alpha value is -1.16. The quantitative estimate of drug-likeness (QED) is 0.358. The van der Waals surface area contributed by atoms with Gasteiger partial charge in [-0.2, -0.15) is 0 Å². The molecule has 70 valence electrons. The molecule has 0 amide bonds. The third-order valence-corrected chi connectivity index (χ3v) is 1.98. The molecule has 1 atom stereocenters. The normalized spacial score (nSPS) is 14.9. The first-order chi connectivity index (χ1) is 6.23. The summed E-state index contributed by atoms with van der Waals surface area (Å²) < 4.78 is 0. The summed E-state index contributed by atoms with van der Waals surface area (Å²) in [6.07, 6.45) is 1.47. The Labute approximate surface area is 77.9 Å². The number of nitrogens with two attached hydrogens (primary N) is 1. The van der Waals surface area contributed by atoms with E-state index in [1.54, 1.807) is 0 Å². The molecule has 1 unspecified atom stereocenters. The first-order valence-corrected chi connectivity index (χ1v) is 4.08. The molecule has 0 heterocycles. The monoisotopic (exact) mass is 178 g/mol. The van der Waals surface area contributed by atoms with E-state index < -0.39 is 5.60 Å². The molecule has 4 N–H and O–H groups in total. The number of nitrogens with one attached hydrogen (secondary N) is 1. The zero-order valence-corrected chi connectivity index (χ0v) is 7.40. The molecule has 3 heteroatoms. The van der Waals surface area contributed by atoms with E-state index in [1.165, 1.54) is 6.08 Å². The van der Waals surface area contributed by atoms with E-state index in [2.05, 4.69) is 12.0 Å². The molecular formula is C10H14N2O. The highest BCUT2D eigenvalue weighted by molar-refractivity contribution is 5.26. The lowest BCUT2D eigenvalue weighted by Gasteiger charge is -2.24. The van der Waals surface area contributed by atoms with Gasteiger partial charge in [0, 0.05) is 6.54 Å². The van der Waals surface area contributed by atoms with Crippen LogP contribution in [0.5, 0.6) is 0 Å². The van der Waals surface area contributed by atoms with Gasteiger partial charge in [-0.3, -0.25) is 11.3 Å². The maximum absolute atomic E-state index is 10.0. The molecule has 0 radical (unpaired) electrons. The van der Waals surface area contributed by atoms with Crippen molar-refractivity contribution in [2.45, 2.75) is 5.60 Å². The number of aliphatic hydroxyl groups is 1. The molecule has 0 bridgehead atoms. The molecule has 0 aliphatic carbocycles. The number of hydrogen-bond acceptors (Lipinski definition) is 3. The lowest BCUT2D eigenvalue weighted by atomic mass is 9.94. The van der Waals surface area contributed by atoms with Crippen molar-refractivity contribution in [1.29, 1.82) is 0 Å². The molecule has 0 saturated carbocycles. The van der Waals surface area contributed by atoms with Gasteiger partial charge in [0.1, 0.15) is 5.60 Å². The van der Waals surface area contributed by atoms with Crippen molar-refractivity contribution >= 4 is 0 Å². The van der Waals surface area contributed by atoms with E-state index >= 15 is 0 Å². The van der Waals surface area contributed by atoms with Crippen LogP contribution in [0.25, 0.3) is 0 Å². The molecule has 0 aromatic heterocycles. The van der Waals surface area contributed by atoms with Gasteiger partial charge in [0.05, 0.1) is 0 Å². The maximum Gasteiger partial charge on any atom is 0.121 e. The van der Waals surface area contributed by atoms with Crippen LogP contribution in [0.3, 0.4) is 0 Å². The minimum Gasteiger partial charge on any atom is -0.380 e. The standard InChI is InChI=1S/C10H14N2O/c1-2-10(13,8-12-11)9-6-4-3-5-7-9/h2-7,12-13H,1,8,11H2. The molecule has 0 fully saturated rings. The average molecular weight is 178 g/mol. The van der Waals surface area contributed by atoms with E-state index in [-0.39, 0.29) is 6.54 Å². The highest BCUT2D eigenvalue weighted by Crippen LogP contribution is 2.20. The second-order valence-corrected chi connectivity index (χ2v) is 2.88. The molecule has 13 heavy (non-hydrogen) atoms. The SMILES string of the molecule is C=CC(O)(CNN)c1ccccc1. The molecule has 1 aromatic rings. The summed E-state index contributed by atoms with van der Waals surface area (Å²) in [6, 6.07) is 9.28. The smallest absolute Gasteiger partial charge is 0.121 e. The largest absolute Gasteiger partial charge is 0.380 e. The van der Waals surface area contributed by atoms with Gasteiger partial charge < -0.3 is 5.11 Å². The Morgan fingerprint density at radius 2 is 2.08 bits per heavy atom. The Morgan fingerprint density at radius 1 is 1.46 bits per heavy atom. The fourth-order valence-corrected chi connectivity index (χ4v) is 1.17. The zero-order valence-electron chi connectivity index (χ0n) is 7.40. The fraction of sp³-hybridized carbons (Fsp3) is 0.200. The van der Waals surface area contributed by atoms with E-state index in [9.17, 15) is 5.11 Å². The molecule has 0 spiro atoms. The van der Waals surface area contributed by atoms with E-state index in [4.69, 9.17) is 5.84 Å². The molecule has 1 aromatic carbocycles. The first-order valence-electron chi connectivity index (χ1n) is 4.08. The van der Waals surface area contributed by atoms with Crippen LogP contribution >= 0.6 is 0 Å². The van der Waals surface area contributed by atoms with Crippen LogP contribution < -0.4 is 11.3 Å². The highest BCUT2D eigenvalue weighted by Gasteiger charge is 2.23. The average Bonchev–Trinajstić information content (AvgIpc) is 2.19. The van der Waals surface area contributed by atoms with Crippen LogP contribution in [0.4, 0.5) is 0 Å². The van der Waals surface area contributed by atoms with Crippen molar-refractivity contribution in [3.63, 3.8) is 0 Å². The van der Waals surface area contributed by atoms with Crippen molar-refractivity contribution in [2.24, 2.45) is 5.84 Å². The first kappa shape index (κ1) is 9.92. The van der Waals surface area contributed by atoms with Crippen LogP contribution in [-0.4, -0.2) is 11.7 Å². The second kappa shape index (κ2) is 4.18. The predicted molar refractivity (Wildman–Crippen MR) is 52.7 cm³/mol. The van der Waals surface area contributed by atoms with Crippen molar-refractivity contribution < 1.29 is 5.11 Å².